The Hall–Kier alpha value is -1.00. The molecule has 7 nitrogen and oxygen atoms in total. The summed E-state index contributed by atoms with van der Waals surface area (Å²) in [6, 6.07) is 4.36. The SMILES string of the molecule is COCCNS(=O)(=O)c1ccc(Br)c(C(=O)NCCCOCC2CC2)c1. The Kier molecular flexibility index (Phi) is 8.49. The number of nitrogens with one attached hydrogen (secondary N) is 2. The first-order chi connectivity index (χ1) is 12.4. The van der Waals surface area contributed by atoms with Crippen LogP contribution in [-0.4, -0.2) is 54.3 Å². The number of benzene rings is 1. The normalized spacial score (nSPS) is 14.4. The second kappa shape index (κ2) is 10.4. The molecular formula is C17H25BrN2O5S. The topological polar surface area (TPSA) is 93.7 Å². The molecule has 0 aliphatic heterocycles. The highest BCUT2D eigenvalue weighted by Gasteiger charge is 2.21. The van der Waals surface area contributed by atoms with Crippen LogP contribution in [-0.2, 0) is 19.5 Å². The molecule has 9 heteroatoms. The van der Waals surface area contributed by atoms with E-state index in [0.29, 0.717) is 24.0 Å². The van der Waals surface area contributed by atoms with E-state index in [0.717, 1.165) is 12.5 Å². The highest BCUT2D eigenvalue weighted by Crippen LogP contribution is 2.28. The number of hydrogen-bond acceptors (Lipinski definition) is 5. The molecular weight excluding hydrogens is 424 g/mol. The van der Waals surface area contributed by atoms with Crippen LogP contribution in [0.2, 0.25) is 0 Å². The van der Waals surface area contributed by atoms with Gasteiger partial charge < -0.3 is 14.8 Å². The van der Waals surface area contributed by atoms with E-state index in [1.54, 1.807) is 6.07 Å². The quantitative estimate of drug-likeness (QED) is 0.476. The molecule has 1 amide bonds. The van der Waals surface area contributed by atoms with Crippen molar-refractivity contribution in [3.63, 3.8) is 0 Å². The van der Waals surface area contributed by atoms with Crippen molar-refractivity contribution in [2.24, 2.45) is 5.92 Å². The summed E-state index contributed by atoms with van der Waals surface area (Å²) in [5.74, 6) is 0.399. The van der Waals surface area contributed by atoms with Gasteiger partial charge >= 0.3 is 0 Å². The zero-order valence-corrected chi connectivity index (χ0v) is 17.2. The minimum atomic E-state index is -3.69. The number of hydrogen-bond donors (Lipinski definition) is 2. The molecule has 1 saturated carbocycles. The minimum Gasteiger partial charge on any atom is -0.383 e. The molecule has 1 aliphatic carbocycles. The molecule has 2 N–H and O–H groups in total. The summed E-state index contributed by atoms with van der Waals surface area (Å²) in [6.07, 6.45) is 3.22. The van der Waals surface area contributed by atoms with Gasteiger partial charge in [-0.15, -0.1) is 0 Å². The van der Waals surface area contributed by atoms with Gasteiger partial charge in [0.1, 0.15) is 0 Å². The lowest BCUT2D eigenvalue weighted by Crippen LogP contribution is -2.28. The number of carbonyl (C=O) groups is 1. The molecule has 1 fully saturated rings. The van der Waals surface area contributed by atoms with E-state index in [4.69, 9.17) is 9.47 Å². The third-order valence-electron chi connectivity index (χ3n) is 3.89. The van der Waals surface area contributed by atoms with E-state index >= 15 is 0 Å². The molecule has 0 spiro atoms. The zero-order valence-electron chi connectivity index (χ0n) is 14.8. The van der Waals surface area contributed by atoms with Crippen molar-refractivity contribution in [2.45, 2.75) is 24.2 Å². The number of ether oxygens (including phenoxy) is 2. The van der Waals surface area contributed by atoms with Gasteiger partial charge in [-0.25, -0.2) is 13.1 Å². The predicted molar refractivity (Wildman–Crippen MR) is 102 cm³/mol. The highest BCUT2D eigenvalue weighted by molar-refractivity contribution is 9.10. The van der Waals surface area contributed by atoms with Crippen LogP contribution in [0.5, 0.6) is 0 Å². The summed E-state index contributed by atoms with van der Waals surface area (Å²) in [7, 11) is -2.20. The van der Waals surface area contributed by atoms with E-state index in [2.05, 4.69) is 26.0 Å². The third kappa shape index (κ3) is 6.96. The number of carbonyl (C=O) groups excluding carboxylic acids is 1. The van der Waals surface area contributed by atoms with Gasteiger partial charge in [-0.3, -0.25) is 4.79 Å². The van der Waals surface area contributed by atoms with Gasteiger partial charge in [0.2, 0.25) is 10.0 Å². The molecule has 1 aromatic rings. The molecule has 0 aromatic heterocycles. The average molecular weight is 449 g/mol. The van der Waals surface area contributed by atoms with Crippen LogP contribution in [0.4, 0.5) is 0 Å². The van der Waals surface area contributed by atoms with Crippen LogP contribution in [0.1, 0.15) is 29.6 Å². The molecule has 0 heterocycles. The zero-order chi connectivity index (χ0) is 19.0. The highest BCUT2D eigenvalue weighted by atomic mass is 79.9. The third-order valence-corrected chi connectivity index (χ3v) is 6.04. The predicted octanol–water partition coefficient (Wildman–Crippen LogP) is 1.92. The van der Waals surface area contributed by atoms with Crippen molar-refractivity contribution < 1.29 is 22.7 Å². The Labute approximate surface area is 163 Å². The first kappa shape index (κ1) is 21.3. The monoisotopic (exact) mass is 448 g/mol. The maximum Gasteiger partial charge on any atom is 0.252 e. The second-order valence-corrected chi connectivity index (χ2v) is 8.78. The molecule has 0 unspecified atom stereocenters. The van der Waals surface area contributed by atoms with Gasteiger partial charge in [-0.1, -0.05) is 0 Å². The van der Waals surface area contributed by atoms with Crippen LogP contribution < -0.4 is 10.0 Å². The van der Waals surface area contributed by atoms with Gasteiger partial charge in [-0.2, -0.15) is 0 Å². The average Bonchev–Trinajstić information content (AvgIpc) is 3.42. The van der Waals surface area contributed by atoms with Crippen LogP contribution in [0.25, 0.3) is 0 Å². The van der Waals surface area contributed by atoms with Gasteiger partial charge in [-0.05, 0) is 59.3 Å². The fourth-order valence-electron chi connectivity index (χ4n) is 2.21. The Balaban J connectivity index is 1.87. The first-order valence-electron chi connectivity index (χ1n) is 8.58. The van der Waals surface area contributed by atoms with Gasteiger partial charge in [0.15, 0.2) is 0 Å². The second-order valence-electron chi connectivity index (χ2n) is 6.16. The molecule has 1 aliphatic rings. The lowest BCUT2D eigenvalue weighted by Gasteiger charge is -2.10. The molecule has 0 radical (unpaired) electrons. The fourth-order valence-corrected chi connectivity index (χ4v) is 3.68. The summed E-state index contributed by atoms with van der Waals surface area (Å²) in [5, 5.41) is 2.79. The van der Waals surface area contributed by atoms with Crippen molar-refractivity contribution in [3.8, 4) is 0 Å². The number of rotatable bonds is 12. The van der Waals surface area contributed by atoms with Gasteiger partial charge in [0.25, 0.3) is 5.91 Å². The largest absolute Gasteiger partial charge is 0.383 e. The summed E-state index contributed by atoms with van der Waals surface area (Å²) < 4.78 is 37.8. The first-order valence-corrected chi connectivity index (χ1v) is 10.9. The molecule has 0 atom stereocenters. The molecule has 2 rings (SSSR count). The van der Waals surface area contributed by atoms with E-state index in [-0.39, 0.29) is 29.5 Å². The maximum absolute atomic E-state index is 12.3. The van der Waals surface area contributed by atoms with E-state index in [1.165, 1.54) is 32.1 Å². The number of sulfonamides is 1. The Morgan fingerprint density at radius 3 is 2.73 bits per heavy atom. The summed E-state index contributed by atoms with van der Waals surface area (Å²) in [5.41, 5.74) is 0.276. The molecule has 0 bridgehead atoms. The Morgan fingerprint density at radius 1 is 1.27 bits per heavy atom. The standard InChI is InChI=1S/C17H25BrN2O5S/c1-24-10-8-20-26(22,23)14-5-6-16(18)15(11-14)17(21)19-7-2-9-25-12-13-3-4-13/h5-6,11,13,20H,2-4,7-10,12H2,1H3,(H,19,21). The Morgan fingerprint density at radius 2 is 2.04 bits per heavy atom. The van der Waals surface area contributed by atoms with Crippen LogP contribution in [0.15, 0.2) is 27.6 Å². The van der Waals surface area contributed by atoms with Gasteiger partial charge in [0, 0.05) is 37.9 Å². The Bertz CT molecular complexity index is 707. The minimum absolute atomic E-state index is 0.0368. The molecule has 26 heavy (non-hydrogen) atoms. The molecule has 146 valence electrons. The number of amides is 1. The fraction of sp³-hybridized carbons (Fsp3) is 0.588. The maximum atomic E-state index is 12.3. The van der Waals surface area contributed by atoms with E-state index < -0.39 is 10.0 Å². The van der Waals surface area contributed by atoms with Crippen molar-refractivity contribution >= 4 is 31.9 Å². The lowest BCUT2D eigenvalue weighted by molar-refractivity contribution is 0.0936. The van der Waals surface area contributed by atoms with Crippen LogP contribution in [0, 0.1) is 5.92 Å². The number of methoxy groups -OCH3 is 1. The summed E-state index contributed by atoms with van der Waals surface area (Å²) in [4.78, 5) is 12.4. The van der Waals surface area contributed by atoms with Crippen molar-refractivity contribution in [1.29, 1.82) is 0 Å². The smallest absolute Gasteiger partial charge is 0.252 e. The van der Waals surface area contributed by atoms with Crippen LogP contribution in [0.3, 0.4) is 0 Å². The van der Waals surface area contributed by atoms with Crippen molar-refractivity contribution in [3.05, 3.63) is 28.2 Å². The van der Waals surface area contributed by atoms with E-state index in [9.17, 15) is 13.2 Å². The summed E-state index contributed by atoms with van der Waals surface area (Å²) >= 11 is 3.30. The van der Waals surface area contributed by atoms with Crippen LogP contribution >= 0.6 is 15.9 Å². The molecule has 1 aromatic carbocycles. The lowest BCUT2D eigenvalue weighted by atomic mass is 10.2. The summed E-state index contributed by atoms with van der Waals surface area (Å²) in [6.45, 7) is 2.31. The van der Waals surface area contributed by atoms with Crippen molar-refractivity contribution in [1.82, 2.24) is 10.0 Å². The van der Waals surface area contributed by atoms with Crippen molar-refractivity contribution in [2.75, 3.05) is 40.0 Å². The number of halogens is 1. The van der Waals surface area contributed by atoms with E-state index in [1.807, 2.05) is 0 Å². The molecule has 0 saturated heterocycles. The van der Waals surface area contributed by atoms with Gasteiger partial charge in [0.05, 0.1) is 17.1 Å².